The SMILES string of the molecule is Cc1cccc(N2CCC(N3CCOCC3)C2)c1N. The van der Waals surface area contributed by atoms with Crippen molar-refractivity contribution in [1.82, 2.24) is 4.90 Å². The Morgan fingerprint density at radius 3 is 2.79 bits per heavy atom. The van der Waals surface area contributed by atoms with Crippen LogP contribution < -0.4 is 10.6 Å². The van der Waals surface area contributed by atoms with Gasteiger partial charge >= 0.3 is 0 Å². The van der Waals surface area contributed by atoms with Crippen LogP contribution in [0.2, 0.25) is 0 Å². The normalized spacial score (nSPS) is 24.9. The Morgan fingerprint density at radius 2 is 2.00 bits per heavy atom. The molecule has 0 aromatic heterocycles. The summed E-state index contributed by atoms with van der Waals surface area (Å²) in [6, 6.07) is 6.98. The molecule has 2 saturated heterocycles. The molecule has 0 saturated carbocycles. The van der Waals surface area contributed by atoms with Crippen molar-refractivity contribution in [1.29, 1.82) is 0 Å². The number of nitrogens with two attached hydrogens (primary N) is 1. The summed E-state index contributed by atoms with van der Waals surface area (Å²) in [7, 11) is 0. The van der Waals surface area contributed by atoms with Crippen molar-refractivity contribution in [3.8, 4) is 0 Å². The fourth-order valence-electron chi connectivity index (χ4n) is 3.14. The molecular formula is C15H23N3O. The zero-order valence-electron chi connectivity index (χ0n) is 11.6. The average molecular weight is 261 g/mol. The number of hydrogen-bond donors (Lipinski definition) is 1. The highest BCUT2D eigenvalue weighted by Gasteiger charge is 2.29. The van der Waals surface area contributed by atoms with Gasteiger partial charge in [-0.3, -0.25) is 4.90 Å². The maximum Gasteiger partial charge on any atom is 0.0603 e. The Hall–Kier alpha value is -1.26. The number of nitrogen functional groups attached to an aromatic ring is 1. The van der Waals surface area contributed by atoms with Crippen LogP contribution in [0.4, 0.5) is 11.4 Å². The van der Waals surface area contributed by atoms with E-state index in [0.29, 0.717) is 6.04 Å². The van der Waals surface area contributed by atoms with Crippen molar-refractivity contribution < 1.29 is 4.74 Å². The van der Waals surface area contributed by atoms with E-state index in [2.05, 4.69) is 34.9 Å². The van der Waals surface area contributed by atoms with E-state index in [9.17, 15) is 0 Å². The standard InChI is InChI=1S/C15H23N3O/c1-12-3-2-4-14(15(12)16)18-6-5-13(11-18)17-7-9-19-10-8-17/h2-4,13H,5-11,16H2,1H3. The third-order valence-electron chi connectivity index (χ3n) is 4.37. The van der Waals surface area contributed by atoms with Crippen molar-refractivity contribution >= 4 is 11.4 Å². The van der Waals surface area contributed by atoms with E-state index in [4.69, 9.17) is 10.5 Å². The highest BCUT2D eigenvalue weighted by molar-refractivity contribution is 5.71. The summed E-state index contributed by atoms with van der Waals surface area (Å²) in [6.07, 6.45) is 1.23. The van der Waals surface area contributed by atoms with Crippen LogP contribution in [-0.2, 0) is 4.74 Å². The first-order valence-corrected chi connectivity index (χ1v) is 7.17. The minimum Gasteiger partial charge on any atom is -0.397 e. The Kier molecular flexibility index (Phi) is 3.62. The Labute approximate surface area is 115 Å². The van der Waals surface area contributed by atoms with Crippen molar-refractivity contribution in [2.45, 2.75) is 19.4 Å². The van der Waals surface area contributed by atoms with Gasteiger partial charge in [0, 0.05) is 32.2 Å². The summed E-state index contributed by atoms with van der Waals surface area (Å²) in [6.45, 7) is 8.17. The molecule has 1 unspecified atom stereocenters. The van der Waals surface area contributed by atoms with Crippen molar-refractivity contribution in [3.63, 3.8) is 0 Å². The van der Waals surface area contributed by atoms with Gasteiger partial charge in [-0.15, -0.1) is 0 Å². The second-order valence-corrected chi connectivity index (χ2v) is 5.54. The second kappa shape index (κ2) is 5.39. The highest BCUT2D eigenvalue weighted by atomic mass is 16.5. The molecule has 4 nitrogen and oxygen atoms in total. The molecule has 0 spiro atoms. The number of hydrogen-bond acceptors (Lipinski definition) is 4. The molecular weight excluding hydrogens is 238 g/mol. The molecule has 0 aliphatic carbocycles. The summed E-state index contributed by atoms with van der Waals surface area (Å²) in [4.78, 5) is 5.00. The predicted molar refractivity (Wildman–Crippen MR) is 78.6 cm³/mol. The van der Waals surface area contributed by atoms with Crippen LogP contribution in [0.5, 0.6) is 0 Å². The minimum absolute atomic E-state index is 0.656. The molecule has 2 N–H and O–H groups in total. The molecule has 2 fully saturated rings. The van der Waals surface area contributed by atoms with Crippen LogP contribution in [0, 0.1) is 6.92 Å². The van der Waals surface area contributed by atoms with Crippen LogP contribution in [-0.4, -0.2) is 50.3 Å². The molecule has 0 amide bonds. The van der Waals surface area contributed by atoms with Gasteiger partial charge in [0.2, 0.25) is 0 Å². The van der Waals surface area contributed by atoms with Crippen molar-refractivity contribution in [2.75, 3.05) is 50.0 Å². The molecule has 1 aromatic carbocycles. The lowest BCUT2D eigenvalue weighted by Crippen LogP contribution is -2.44. The summed E-state index contributed by atoms with van der Waals surface area (Å²) >= 11 is 0. The Morgan fingerprint density at radius 1 is 1.21 bits per heavy atom. The predicted octanol–water partition coefficient (Wildman–Crippen LogP) is 1.49. The maximum absolute atomic E-state index is 6.21. The molecule has 0 bridgehead atoms. The van der Waals surface area contributed by atoms with Gasteiger partial charge in [0.1, 0.15) is 0 Å². The number of nitrogens with zero attached hydrogens (tertiary/aromatic N) is 2. The highest BCUT2D eigenvalue weighted by Crippen LogP contribution is 2.30. The van der Waals surface area contributed by atoms with E-state index in [1.807, 2.05) is 0 Å². The van der Waals surface area contributed by atoms with Crippen LogP contribution in [0.1, 0.15) is 12.0 Å². The first kappa shape index (κ1) is 12.8. The smallest absolute Gasteiger partial charge is 0.0603 e. The van der Waals surface area contributed by atoms with Crippen LogP contribution in [0.3, 0.4) is 0 Å². The van der Waals surface area contributed by atoms with Gasteiger partial charge in [-0.25, -0.2) is 0 Å². The molecule has 2 heterocycles. The lowest BCUT2D eigenvalue weighted by Gasteiger charge is -2.32. The van der Waals surface area contributed by atoms with E-state index < -0.39 is 0 Å². The molecule has 1 atom stereocenters. The average Bonchev–Trinajstić information content (AvgIpc) is 2.92. The fourth-order valence-corrected chi connectivity index (χ4v) is 3.14. The zero-order chi connectivity index (χ0) is 13.2. The summed E-state index contributed by atoms with van der Waals surface area (Å²) in [5, 5.41) is 0. The first-order chi connectivity index (χ1) is 9.25. The van der Waals surface area contributed by atoms with E-state index in [-0.39, 0.29) is 0 Å². The summed E-state index contributed by atoms with van der Waals surface area (Å²) < 4.78 is 5.43. The summed E-state index contributed by atoms with van der Waals surface area (Å²) in [5.41, 5.74) is 9.52. The molecule has 1 aromatic rings. The topological polar surface area (TPSA) is 41.7 Å². The van der Waals surface area contributed by atoms with E-state index >= 15 is 0 Å². The third kappa shape index (κ3) is 2.55. The van der Waals surface area contributed by atoms with E-state index in [0.717, 1.165) is 45.1 Å². The Balaban J connectivity index is 1.69. The lowest BCUT2D eigenvalue weighted by molar-refractivity contribution is 0.0209. The van der Waals surface area contributed by atoms with Crippen molar-refractivity contribution in [2.24, 2.45) is 0 Å². The summed E-state index contributed by atoms with van der Waals surface area (Å²) in [5.74, 6) is 0. The van der Waals surface area contributed by atoms with E-state index in [1.165, 1.54) is 17.7 Å². The number of aryl methyl sites for hydroxylation is 1. The quantitative estimate of drug-likeness (QED) is 0.819. The monoisotopic (exact) mass is 261 g/mol. The third-order valence-corrected chi connectivity index (χ3v) is 4.37. The molecule has 3 rings (SSSR count). The molecule has 0 radical (unpaired) electrons. The van der Waals surface area contributed by atoms with Gasteiger partial charge in [0.15, 0.2) is 0 Å². The lowest BCUT2D eigenvalue weighted by atomic mass is 10.1. The first-order valence-electron chi connectivity index (χ1n) is 7.17. The molecule has 104 valence electrons. The van der Waals surface area contributed by atoms with Crippen molar-refractivity contribution in [3.05, 3.63) is 23.8 Å². The van der Waals surface area contributed by atoms with Gasteiger partial charge in [-0.1, -0.05) is 12.1 Å². The van der Waals surface area contributed by atoms with E-state index in [1.54, 1.807) is 0 Å². The number of anilines is 2. The number of benzene rings is 1. The number of rotatable bonds is 2. The van der Waals surface area contributed by atoms with Crippen LogP contribution in [0.25, 0.3) is 0 Å². The van der Waals surface area contributed by atoms with Crippen LogP contribution >= 0.6 is 0 Å². The molecule has 2 aliphatic heterocycles. The zero-order valence-corrected chi connectivity index (χ0v) is 11.6. The van der Waals surface area contributed by atoms with Gasteiger partial charge < -0.3 is 15.4 Å². The van der Waals surface area contributed by atoms with Gasteiger partial charge in [0.25, 0.3) is 0 Å². The van der Waals surface area contributed by atoms with Gasteiger partial charge in [-0.2, -0.15) is 0 Å². The van der Waals surface area contributed by atoms with Gasteiger partial charge in [-0.05, 0) is 25.0 Å². The number of ether oxygens (including phenoxy) is 1. The molecule has 2 aliphatic rings. The maximum atomic E-state index is 6.21. The Bertz CT molecular complexity index is 443. The number of morpholine rings is 1. The molecule has 4 heteroatoms. The number of para-hydroxylation sites is 1. The minimum atomic E-state index is 0.656. The largest absolute Gasteiger partial charge is 0.397 e. The van der Waals surface area contributed by atoms with Gasteiger partial charge in [0.05, 0.1) is 24.6 Å². The van der Waals surface area contributed by atoms with Crippen LogP contribution in [0.15, 0.2) is 18.2 Å². The fraction of sp³-hybridized carbons (Fsp3) is 0.600. The molecule has 19 heavy (non-hydrogen) atoms. The second-order valence-electron chi connectivity index (χ2n) is 5.54.